The molecule has 0 N–H and O–H groups in total. The first-order valence-electron chi connectivity index (χ1n) is 9.95. The van der Waals surface area contributed by atoms with Crippen LogP contribution in [-0.2, 0) is 9.47 Å². The third-order valence-electron chi connectivity index (χ3n) is 3.97. The molecule has 4 nitrogen and oxygen atoms in total. The molecule has 0 fully saturated rings. The van der Waals surface area contributed by atoms with Crippen molar-refractivity contribution in [2.24, 2.45) is 5.92 Å². The van der Waals surface area contributed by atoms with Gasteiger partial charge >= 0.3 is 11.9 Å². The van der Waals surface area contributed by atoms with Crippen LogP contribution in [-0.4, -0.2) is 24.6 Å². The lowest BCUT2D eigenvalue weighted by Crippen LogP contribution is -2.21. The predicted octanol–water partition coefficient (Wildman–Crippen LogP) is 5.41. The third-order valence-corrected chi connectivity index (χ3v) is 3.97. The summed E-state index contributed by atoms with van der Waals surface area (Å²) in [6.45, 7) is 8.55. The Morgan fingerprint density at radius 3 is 2.26 bits per heavy atom. The van der Waals surface area contributed by atoms with Gasteiger partial charge < -0.3 is 9.47 Å². The molecule has 0 saturated heterocycles. The van der Waals surface area contributed by atoms with E-state index in [1.54, 1.807) is 24.3 Å². The maximum Gasteiger partial charge on any atom is 0.340 e. The van der Waals surface area contributed by atoms with Gasteiger partial charge in [0.15, 0.2) is 6.10 Å². The smallest absolute Gasteiger partial charge is 0.340 e. The Hall–Kier alpha value is -2.28. The number of rotatable bonds is 10. The molecule has 0 aliphatic rings. The molecule has 0 spiro atoms. The van der Waals surface area contributed by atoms with Gasteiger partial charge in [-0.15, -0.1) is 0 Å². The van der Waals surface area contributed by atoms with Crippen LogP contribution in [0.5, 0.6) is 0 Å². The highest BCUT2D eigenvalue weighted by atomic mass is 16.5. The molecule has 0 amide bonds. The lowest BCUT2D eigenvalue weighted by Gasteiger charge is -2.16. The van der Waals surface area contributed by atoms with E-state index >= 15 is 0 Å². The van der Waals surface area contributed by atoms with E-state index in [0.29, 0.717) is 25.4 Å². The summed E-state index contributed by atoms with van der Waals surface area (Å²) in [7, 11) is 0. The lowest BCUT2D eigenvalue weighted by molar-refractivity contribution is 0.0360. The van der Waals surface area contributed by atoms with Crippen LogP contribution in [0.3, 0.4) is 0 Å². The molecule has 0 aromatic heterocycles. The van der Waals surface area contributed by atoms with Gasteiger partial charge in [0.05, 0.1) is 17.7 Å². The fourth-order valence-corrected chi connectivity index (χ4v) is 2.58. The number of carbonyl (C=O) groups excluding carboxylic acids is 2. The van der Waals surface area contributed by atoms with Gasteiger partial charge in [-0.25, -0.2) is 9.59 Å². The van der Waals surface area contributed by atoms with Crippen molar-refractivity contribution >= 4 is 11.9 Å². The van der Waals surface area contributed by atoms with E-state index in [9.17, 15) is 9.59 Å². The summed E-state index contributed by atoms with van der Waals surface area (Å²) in [6, 6.07) is 6.62. The summed E-state index contributed by atoms with van der Waals surface area (Å²) in [6.07, 6.45) is 4.99. The quantitative estimate of drug-likeness (QED) is 0.313. The standard InChI is InChI=1S/C23H32O4/c1-5-7-9-12-16-26-22(24)20-14-10-11-15-21(20)23(25)27-19(13-8-6-2)17-18(3)4/h10-11,14-15,18-19H,5-7,9,12,16-17H2,1-4H3. The minimum Gasteiger partial charge on any atom is -0.462 e. The number of esters is 2. The maximum absolute atomic E-state index is 12.6. The molecule has 0 aliphatic carbocycles. The SMILES string of the molecule is CCC#CC(CC(C)C)OC(=O)c1ccccc1C(=O)OCCCCCC. The first-order valence-corrected chi connectivity index (χ1v) is 9.95. The molecular formula is C23H32O4. The van der Waals surface area contributed by atoms with Crippen molar-refractivity contribution in [1.82, 2.24) is 0 Å². The lowest BCUT2D eigenvalue weighted by atomic mass is 10.1. The monoisotopic (exact) mass is 372 g/mol. The van der Waals surface area contributed by atoms with Crippen molar-refractivity contribution in [3.05, 3.63) is 35.4 Å². The Kier molecular flexibility index (Phi) is 10.9. The normalized spacial score (nSPS) is 11.4. The van der Waals surface area contributed by atoms with E-state index in [1.165, 1.54) is 0 Å². The van der Waals surface area contributed by atoms with Gasteiger partial charge in [-0.3, -0.25) is 0 Å². The first kappa shape index (κ1) is 22.8. The summed E-state index contributed by atoms with van der Waals surface area (Å²) < 4.78 is 10.9. The largest absolute Gasteiger partial charge is 0.462 e. The van der Waals surface area contributed by atoms with Crippen LogP contribution in [0, 0.1) is 17.8 Å². The molecule has 27 heavy (non-hydrogen) atoms. The van der Waals surface area contributed by atoms with E-state index in [-0.39, 0.29) is 11.1 Å². The molecular weight excluding hydrogens is 340 g/mol. The van der Waals surface area contributed by atoms with E-state index < -0.39 is 18.0 Å². The second-order valence-corrected chi connectivity index (χ2v) is 6.94. The highest BCUT2D eigenvalue weighted by molar-refractivity contribution is 6.03. The first-order chi connectivity index (χ1) is 13.0. The maximum atomic E-state index is 12.6. The van der Waals surface area contributed by atoms with Crippen molar-refractivity contribution < 1.29 is 19.1 Å². The number of hydrogen-bond donors (Lipinski definition) is 0. The van der Waals surface area contributed by atoms with Gasteiger partial charge in [-0.2, -0.15) is 0 Å². The number of hydrogen-bond acceptors (Lipinski definition) is 4. The van der Waals surface area contributed by atoms with Crippen LogP contribution in [0.25, 0.3) is 0 Å². The second-order valence-electron chi connectivity index (χ2n) is 6.94. The summed E-state index contributed by atoms with van der Waals surface area (Å²) in [5.41, 5.74) is 0.466. The predicted molar refractivity (Wildman–Crippen MR) is 108 cm³/mol. The summed E-state index contributed by atoms with van der Waals surface area (Å²) in [4.78, 5) is 25.0. The molecule has 0 heterocycles. The van der Waals surface area contributed by atoms with Gasteiger partial charge in [0.1, 0.15) is 0 Å². The van der Waals surface area contributed by atoms with Gasteiger partial charge in [0.25, 0.3) is 0 Å². The Bertz CT molecular complexity index is 652. The van der Waals surface area contributed by atoms with Crippen molar-refractivity contribution in [3.63, 3.8) is 0 Å². The number of carbonyl (C=O) groups is 2. The molecule has 4 heteroatoms. The molecule has 1 rings (SSSR count). The number of benzene rings is 1. The van der Waals surface area contributed by atoms with Gasteiger partial charge in [-0.05, 0) is 30.9 Å². The van der Waals surface area contributed by atoms with E-state index in [4.69, 9.17) is 9.47 Å². The van der Waals surface area contributed by atoms with Crippen molar-refractivity contribution in [3.8, 4) is 11.8 Å². The average molecular weight is 373 g/mol. The Labute approximate surface area is 163 Å². The zero-order valence-electron chi connectivity index (χ0n) is 17.0. The summed E-state index contributed by atoms with van der Waals surface area (Å²) >= 11 is 0. The van der Waals surface area contributed by atoms with Crippen LogP contribution in [0.15, 0.2) is 24.3 Å². The molecule has 1 aromatic carbocycles. The topological polar surface area (TPSA) is 52.6 Å². The minimum atomic E-state index is -0.537. The van der Waals surface area contributed by atoms with Crippen molar-refractivity contribution in [2.75, 3.05) is 6.61 Å². The summed E-state index contributed by atoms with van der Waals surface area (Å²) in [5.74, 6) is 5.29. The number of ether oxygens (including phenoxy) is 2. The Morgan fingerprint density at radius 2 is 1.67 bits per heavy atom. The number of unbranched alkanes of at least 4 members (excludes halogenated alkanes) is 3. The second kappa shape index (κ2) is 13.0. The third kappa shape index (κ3) is 8.77. The van der Waals surface area contributed by atoms with Crippen LogP contribution in [0.2, 0.25) is 0 Å². The highest BCUT2D eigenvalue weighted by Gasteiger charge is 2.22. The highest BCUT2D eigenvalue weighted by Crippen LogP contribution is 2.16. The van der Waals surface area contributed by atoms with Gasteiger partial charge in [0, 0.05) is 6.42 Å². The zero-order valence-corrected chi connectivity index (χ0v) is 17.0. The van der Waals surface area contributed by atoms with Gasteiger partial charge in [-0.1, -0.05) is 70.9 Å². The minimum absolute atomic E-state index is 0.225. The van der Waals surface area contributed by atoms with Crippen LogP contribution >= 0.6 is 0 Å². The summed E-state index contributed by atoms with van der Waals surface area (Å²) in [5, 5.41) is 0. The van der Waals surface area contributed by atoms with Gasteiger partial charge in [0.2, 0.25) is 0 Å². The van der Waals surface area contributed by atoms with Crippen LogP contribution in [0.1, 0.15) is 86.9 Å². The molecule has 1 unspecified atom stereocenters. The molecule has 1 atom stereocenters. The van der Waals surface area contributed by atoms with E-state index in [0.717, 1.165) is 25.7 Å². The van der Waals surface area contributed by atoms with Crippen molar-refractivity contribution in [1.29, 1.82) is 0 Å². The molecule has 1 aromatic rings. The van der Waals surface area contributed by atoms with E-state index in [1.807, 2.05) is 6.92 Å². The fourth-order valence-electron chi connectivity index (χ4n) is 2.58. The van der Waals surface area contributed by atoms with Crippen LogP contribution < -0.4 is 0 Å². The molecule has 148 valence electrons. The Balaban J connectivity index is 2.80. The van der Waals surface area contributed by atoms with Crippen LogP contribution in [0.4, 0.5) is 0 Å². The molecule has 0 saturated carbocycles. The van der Waals surface area contributed by atoms with Crippen molar-refractivity contribution in [2.45, 2.75) is 72.3 Å². The molecule has 0 bridgehead atoms. The fraction of sp³-hybridized carbons (Fsp3) is 0.565. The molecule has 0 radical (unpaired) electrons. The average Bonchev–Trinajstić information content (AvgIpc) is 2.65. The molecule has 0 aliphatic heterocycles. The zero-order chi connectivity index (χ0) is 20.1. The Morgan fingerprint density at radius 1 is 1.00 bits per heavy atom. The van der Waals surface area contributed by atoms with E-state index in [2.05, 4.69) is 32.6 Å².